The van der Waals surface area contributed by atoms with E-state index in [-0.39, 0.29) is 5.22 Å². The first-order valence-corrected chi connectivity index (χ1v) is 7.92. The molecule has 1 heterocycles. The SMILES string of the molecule is [SiH3]C1(c2ccccc2)CCCCO1.[c]1ccccc1. The predicted molar refractivity (Wildman–Crippen MR) is 83.1 cm³/mol. The molecular formula is C17H21OSi. The highest BCUT2D eigenvalue weighted by atomic mass is 28.1. The van der Waals surface area contributed by atoms with Crippen molar-refractivity contribution in [3.05, 3.63) is 72.3 Å². The molecule has 1 aliphatic heterocycles. The summed E-state index contributed by atoms with van der Waals surface area (Å²) >= 11 is 0. The number of hydrogen-bond acceptors (Lipinski definition) is 1. The van der Waals surface area contributed by atoms with Crippen LogP contribution in [0.4, 0.5) is 0 Å². The molecule has 19 heavy (non-hydrogen) atoms. The van der Waals surface area contributed by atoms with E-state index in [0.717, 1.165) is 16.8 Å². The molecule has 1 radical (unpaired) electrons. The minimum absolute atomic E-state index is 0.111. The van der Waals surface area contributed by atoms with E-state index in [1.165, 1.54) is 24.8 Å². The lowest BCUT2D eigenvalue weighted by Crippen LogP contribution is -2.33. The molecule has 1 aliphatic rings. The second kappa shape index (κ2) is 7.27. The zero-order valence-electron chi connectivity index (χ0n) is 11.5. The minimum Gasteiger partial charge on any atom is -0.375 e. The Morgan fingerprint density at radius 2 is 1.63 bits per heavy atom. The van der Waals surface area contributed by atoms with Crippen molar-refractivity contribution < 1.29 is 4.74 Å². The largest absolute Gasteiger partial charge is 0.375 e. The summed E-state index contributed by atoms with van der Waals surface area (Å²) in [5.41, 5.74) is 1.38. The second-order valence-corrected chi connectivity index (χ2v) is 6.60. The molecule has 0 spiro atoms. The Balaban J connectivity index is 0.000000186. The van der Waals surface area contributed by atoms with E-state index in [2.05, 4.69) is 36.4 Å². The molecule has 1 unspecified atom stereocenters. The van der Waals surface area contributed by atoms with Crippen molar-refractivity contribution in [2.24, 2.45) is 0 Å². The molecule has 0 bridgehead atoms. The van der Waals surface area contributed by atoms with Crippen LogP contribution in [0.2, 0.25) is 0 Å². The van der Waals surface area contributed by atoms with Gasteiger partial charge in [0.15, 0.2) is 0 Å². The summed E-state index contributed by atoms with van der Waals surface area (Å²) < 4.78 is 5.91. The van der Waals surface area contributed by atoms with Crippen molar-refractivity contribution in [2.75, 3.05) is 6.61 Å². The van der Waals surface area contributed by atoms with Gasteiger partial charge >= 0.3 is 0 Å². The van der Waals surface area contributed by atoms with E-state index in [0.29, 0.717) is 0 Å². The molecule has 2 aromatic rings. The van der Waals surface area contributed by atoms with Gasteiger partial charge in [0.2, 0.25) is 0 Å². The van der Waals surface area contributed by atoms with Gasteiger partial charge in [-0.3, -0.25) is 0 Å². The summed E-state index contributed by atoms with van der Waals surface area (Å²) in [5.74, 6) is 0. The first-order valence-electron chi connectivity index (χ1n) is 6.92. The average molecular weight is 269 g/mol. The summed E-state index contributed by atoms with van der Waals surface area (Å²) in [6, 6.07) is 23.2. The highest BCUT2D eigenvalue weighted by Crippen LogP contribution is 2.31. The van der Waals surface area contributed by atoms with Crippen molar-refractivity contribution in [1.29, 1.82) is 0 Å². The van der Waals surface area contributed by atoms with E-state index < -0.39 is 0 Å². The fourth-order valence-corrected chi connectivity index (χ4v) is 3.19. The Bertz CT molecular complexity index is 422. The number of rotatable bonds is 1. The predicted octanol–water partition coefficient (Wildman–Crippen LogP) is 2.89. The fourth-order valence-electron chi connectivity index (χ4n) is 2.29. The van der Waals surface area contributed by atoms with Gasteiger partial charge in [-0.2, -0.15) is 0 Å². The van der Waals surface area contributed by atoms with E-state index >= 15 is 0 Å². The van der Waals surface area contributed by atoms with Gasteiger partial charge in [0.05, 0.1) is 5.22 Å². The van der Waals surface area contributed by atoms with Gasteiger partial charge in [-0.05, 0) is 30.9 Å². The third kappa shape index (κ3) is 4.34. The molecule has 2 heteroatoms. The van der Waals surface area contributed by atoms with Crippen LogP contribution in [-0.4, -0.2) is 16.8 Å². The first-order chi connectivity index (χ1) is 9.31. The minimum atomic E-state index is 0.111. The average Bonchev–Trinajstić information content (AvgIpc) is 2.51. The molecule has 2 aromatic carbocycles. The maximum Gasteiger partial charge on any atom is 0.0723 e. The van der Waals surface area contributed by atoms with Gasteiger partial charge in [-0.15, -0.1) is 0 Å². The maximum absolute atomic E-state index is 5.91. The zero-order chi connectivity index (χ0) is 13.4. The smallest absolute Gasteiger partial charge is 0.0723 e. The Kier molecular flexibility index (Phi) is 5.37. The van der Waals surface area contributed by atoms with Crippen LogP contribution < -0.4 is 0 Å². The van der Waals surface area contributed by atoms with Crippen LogP contribution in [0.5, 0.6) is 0 Å². The Labute approximate surface area is 119 Å². The zero-order valence-corrected chi connectivity index (χ0v) is 13.5. The lowest BCUT2D eigenvalue weighted by molar-refractivity contribution is -0.0210. The van der Waals surface area contributed by atoms with Gasteiger partial charge in [0.25, 0.3) is 0 Å². The summed E-state index contributed by atoms with van der Waals surface area (Å²) in [7, 11) is 1.10. The molecule has 99 valence electrons. The van der Waals surface area contributed by atoms with Crippen molar-refractivity contribution in [3.63, 3.8) is 0 Å². The molecule has 0 aromatic heterocycles. The highest BCUT2D eigenvalue weighted by molar-refractivity contribution is 6.14. The van der Waals surface area contributed by atoms with E-state index in [1.807, 2.05) is 30.3 Å². The molecule has 1 atom stereocenters. The van der Waals surface area contributed by atoms with Gasteiger partial charge in [0, 0.05) is 16.8 Å². The lowest BCUT2D eigenvalue weighted by atomic mass is 10.0. The summed E-state index contributed by atoms with van der Waals surface area (Å²) in [5, 5.41) is 0.111. The molecule has 0 aliphatic carbocycles. The van der Waals surface area contributed by atoms with Crippen molar-refractivity contribution >= 4 is 10.2 Å². The summed E-state index contributed by atoms with van der Waals surface area (Å²) in [6.45, 7) is 0.943. The molecule has 0 N–H and O–H groups in total. The lowest BCUT2D eigenvalue weighted by Gasteiger charge is -2.34. The Morgan fingerprint density at radius 3 is 2.11 bits per heavy atom. The van der Waals surface area contributed by atoms with Crippen LogP contribution >= 0.6 is 0 Å². The van der Waals surface area contributed by atoms with Crippen LogP contribution in [-0.2, 0) is 9.96 Å². The third-order valence-corrected chi connectivity index (χ3v) is 4.83. The molecule has 1 nitrogen and oxygen atoms in total. The molecule has 1 fully saturated rings. The fraction of sp³-hybridized carbons (Fsp3) is 0.294. The van der Waals surface area contributed by atoms with Crippen molar-refractivity contribution in [1.82, 2.24) is 0 Å². The Morgan fingerprint density at radius 1 is 0.947 bits per heavy atom. The maximum atomic E-state index is 5.91. The molecule has 1 saturated heterocycles. The highest BCUT2D eigenvalue weighted by Gasteiger charge is 2.28. The van der Waals surface area contributed by atoms with E-state index in [1.54, 1.807) is 0 Å². The normalized spacial score (nSPS) is 22.3. The molecule has 0 saturated carbocycles. The summed E-state index contributed by atoms with van der Waals surface area (Å²) in [4.78, 5) is 0. The first kappa shape index (κ1) is 14.0. The monoisotopic (exact) mass is 269 g/mol. The van der Waals surface area contributed by atoms with Crippen LogP contribution in [0, 0.1) is 6.07 Å². The molecule has 0 amide bonds. The van der Waals surface area contributed by atoms with Crippen LogP contribution in [0.15, 0.2) is 60.7 Å². The van der Waals surface area contributed by atoms with Crippen LogP contribution in [0.3, 0.4) is 0 Å². The molecule has 3 rings (SSSR count). The molecular weight excluding hydrogens is 248 g/mol. The third-order valence-electron chi connectivity index (χ3n) is 3.46. The number of ether oxygens (including phenoxy) is 1. The standard InChI is InChI=1S/C11H16OSi.C6H5/c13-11(8-4-5-9-12-11)10-6-2-1-3-7-10;1-2-4-6-5-3-1/h1-3,6-7H,4-5,8-9H2,13H3;1-5H. The quantitative estimate of drug-likeness (QED) is 0.723. The van der Waals surface area contributed by atoms with Crippen LogP contribution in [0.1, 0.15) is 24.8 Å². The van der Waals surface area contributed by atoms with E-state index in [4.69, 9.17) is 4.74 Å². The number of hydrogen-bond donors (Lipinski definition) is 0. The summed E-state index contributed by atoms with van der Waals surface area (Å²) in [6.07, 6.45) is 3.76. The van der Waals surface area contributed by atoms with Gasteiger partial charge < -0.3 is 4.74 Å². The van der Waals surface area contributed by atoms with Gasteiger partial charge in [-0.25, -0.2) is 0 Å². The Hall–Kier alpha value is -1.38. The van der Waals surface area contributed by atoms with Crippen molar-refractivity contribution in [3.8, 4) is 0 Å². The van der Waals surface area contributed by atoms with Gasteiger partial charge in [0.1, 0.15) is 0 Å². The topological polar surface area (TPSA) is 9.23 Å². The number of benzene rings is 2. The van der Waals surface area contributed by atoms with E-state index in [9.17, 15) is 0 Å². The van der Waals surface area contributed by atoms with Crippen molar-refractivity contribution in [2.45, 2.75) is 24.5 Å². The van der Waals surface area contributed by atoms with Gasteiger partial charge in [-0.1, -0.05) is 60.7 Å². The van der Waals surface area contributed by atoms with Crippen LogP contribution in [0.25, 0.3) is 0 Å². The second-order valence-electron chi connectivity index (χ2n) is 4.98.